The predicted octanol–water partition coefficient (Wildman–Crippen LogP) is 1.94. The van der Waals surface area contributed by atoms with Crippen LogP contribution in [0.1, 0.15) is 33.1 Å². The van der Waals surface area contributed by atoms with Gasteiger partial charge in [-0.05, 0) is 31.6 Å². The summed E-state index contributed by atoms with van der Waals surface area (Å²) in [6, 6.07) is 0. The molecule has 3 aliphatic rings. The summed E-state index contributed by atoms with van der Waals surface area (Å²) in [5.74, 6) is 1.00. The summed E-state index contributed by atoms with van der Waals surface area (Å²) < 4.78 is 5.86. The van der Waals surface area contributed by atoms with Crippen molar-refractivity contribution in [2.75, 3.05) is 6.61 Å². The summed E-state index contributed by atoms with van der Waals surface area (Å²) in [5.41, 5.74) is -0.434. The molecule has 1 heterocycles. The molecular formula is C15H22O3. The summed E-state index contributed by atoms with van der Waals surface area (Å²) in [5, 5.41) is 10.3. The highest BCUT2D eigenvalue weighted by Crippen LogP contribution is 2.49. The van der Waals surface area contributed by atoms with E-state index < -0.39 is 5.60 Å². The van der Waals surface area contributed by atoms with Crippen LogP contribution < -0.4 is 0 Å². The summed E-state index contributed by atoms with van der Waals surface area (Å²) in [6.45, 7) is 4.65. The maximum Gasteiger partial charge on any atom is 0.141 e. The molecule has 0 aromatic carbocycles. The molecule has 3 heteroatoms. The van der Waals surface area contributed by atoms with Crippen molar-refractivity contribution in [2.24, 2.45) is 23.7 Å². The smallest absolute Gasteiger partial charge is 0.141 e. The van der Waals surface area contributed by atoms with Crippen molar-refractivity contribution >= 4 is 5.78 Å². The second kappa shape index (κ2) is 4.17. The van der Waals surface area contributed by atoms with Gasteiger partial charge >= 0.3 is 0 Å². The minimum atomic E-state index is -0.434. The number of carbonyl (C=O) groups excluding carboxylic acids is 1. The number of fused-ring (bicyclic) bond motifs is 3. The Labute approximate surface area is 108 Å². The highest BCUT2D eigenvalue weighted by molar-refractivity contribution is 5.84. The molecule has 100 valence electrons. The van der Waals surface area contributed by atoms with Crippen LogP contribution in [0.5, 0.6) is 0 Å². The van der Waals surface area contributed by atoms with Gasteiger partial charge in [-0.1, -0.05) is 19.1 Å². The first-order valence-electron chi connectivity index (χ1n) is 7.07. The zero-order valence-corrected chi connectivity index (χ0v) is 11.1. The van der Waals surface area contributed by atoms with Crippen molar-refractivity contribution in [3.63, 3.8) is 0 Å². The van der Waals surface area contributed by atoms with E-state index in [1.165, 1.54) is 0 Å². The Bertz CT molecular complexity index is 389. The van der Waals surface area contributed by atoms with Crippen LogP contribution >= 0.6 is 0 Å². The monoisotopic (exact) mass is 250 g/mol. The van der Waals surface area contributed by atoms with E-state index in [1.54, 1.807) is 0 Å². The van der Waals surface area contributed by atoms with E-state index in [0.29, 0.717) is 24.7 Å². The van der Waals surface area contributed by atoms with Crippen LogP contribution in [0.15, 0.2) is 12.2 Å². The molecule has 3 nitrogen and oxygen atoms in total. The SMILES string of the molecule is CC1CCC2C(C=CC3(C)OCCC(=O)C23)C1O. The van der Waals surface area contributed by atoms with Gasteiger partial charge in [-0.15, -0.1) is 0 Å². The molecule has 0 aromatic rings. The highest BCUT2D eigenvalue weighted by Gasteiger charge is 2.52. The topological polar surface area (TPSA) is 46.5 Å². The Morgan fingerprint density at radius 2 is 2.22 bits per heavy atom. The van der Waals surface area contributed by atoms with Crippen molar-refractivity contribution in [1.29, 1.82) is 0 Å². The third-order valence-electron chi connectivity index (χ3n) is 5.23. The van der Waals surface area contributed by atoms with Crippen molar-refractivity contribution in [1.82, 2.24) is 0 Å². The van der Waals surface area contributed by atoms with Crippen LogP contribution in [-0.4, -0.2) is 29.2 Å². The normalized spacial score (nSPS) is 51.7. The third-order valence-corrected chi connectivity index (χ3v) is 5.23. The molecule has 6 unspecified atom stereocenters. The van der Waals surface area contributed by atoms with E-state index >= 15 is 0 Å². The average Bonchev–Trinajstić information content (AvgIpc) is 2.33. The Morgan fingerprint density at radius 3 is 3.00 bits per heavy atom. The fourth-order valence-electron chi connectivity index (χ4n) is 4.15. The zero-order valence-electron chi connectivity index (χ0n) is 11.1. The number of hydrogen-bond acceptors (Lipinski definition) is 3. The fourth-order valence-corrected chi connectivity index (χ4v) is 4.15. The van der Waals surface area contributed by atoms with Gasteiger partial charge in [0.1, 0.15) is 5.78 Å². The summed E-state index contributed by atoms with van der Waals surface area (Å²) in [6.07, 6.45) is 6.39. The van der Waals surface area contributed by atoms with Gasteiger partial charge in [-0.25, -0.2) is 0 Å². The highest BCUT2D eigenvalue weighted by atomic mass is 16.5. The van der Waals surface area contributed by atoms with Gasteiger partial charge in [0.05, 0.1) is 24.2 Å². The molecule has 6 atom stereocenters. The molecule has 1 saturated carbocycles. The average molecular weight is 250 g/mol. The van der Waals surface area contributed by atoms with Crippen LogP contribution in [0.4, 0.5) is 0 Å². The van der Waals surface area contributed by atoms with E-state index in [-0.39, 0.29) is 23.9 Å². The number of Topliss-reactive ketones (excluding diaryl/α,β-unsaturated/α-hetero) is 1. The molecule has 0 amide bonds. The summed E-state index contributed by atoms with van der Waals surface area (Å²) in [7, 11) is 0. The number of carbonyl (C=O) groups is 1. The lowest BCUT2D eigenvalue weighted by molar-refractivity contribution is -0.159. The number of aliphatic hydroxyl groups is 1. The van der Waals surface area contributed by atoms with Gasteiger partial charge < -0.3 is 9.84 Å². The molecule has 3 rings (SSSR count). The molecule has 18 heavy (non-hydrogen) atoms. The lowest BCUT2D eigenvalue weighted by Gasteiger charge is -2.51. The van der Waals surface area contributed by atoms with Crippen molar-refractivity contribution in [3.05, 3.63) is 12.2 Å². The Kier molecular flexibility index (Phi) is 2.87. The van der Waals surface area contributed by atoms with Crippen LogP contribution in [0.25, 0.3) is 0 Å². The maximum atomic E-state index is 12.3. The first-order chi connectivity index (χ1) is 8.53. The molecule has 1 N–H and O–H groups in total. The van der Waals surface area contributed by atoms with Gasteiger partial charge in [0.2, 0.25) is 0 Å². The standard InChI is InChI=1S/C15H22O3/c1-9-3-4-10-11(14(9)17)5-7-15(2)13(10)12(16)6-8-18-15/h5,7,9-11,13-14,17H,3-4,6,8H2,1-2H3. The molecule has 0 radical (unpaired) electrons. The number of aliphatic hydroxyl groups excluding tert-OH is 1. The first-order valence-corrected chi connectivity index (χ1v) is 7.07. The van der Waals surface area contributed by atoms with Crippen LogP contribution in [0.3, 0.4) is 0 Å². The lowest BCUT2D eigenvalue weighted by Crippen LogP contribution is -2.56. The molecule has 2 aliphatic carbocycles. The fraction of sp³-hybridized carbons (Fsp3) is 0.800. The van der Waals surface area contributed by atoms with Crippen molar-refractivity contribution in [3.8, 4) is 0 Å². The lowest BCUT2D eigenvalue weighted by atomic mass is 9.58. The first kappa shape index (κ1) is 12.4. The molecule has 2 fully saturated rings. The molecule has 1 saturated heterocycles. The van der Waals surface area contributed by atoms with E-state index in [4.69, 9.17) is 4.74 Å². The zero-order chi connectivity index (χ0) is 12.9. The minimum absolute atomic E-state index is 0.0524. The van der Waals surface area contributed by atoms with Gasteiger partial charge in [-0.2, -0.15) is 0 Å². The van der Waals surface area contributed by atoms with E-state index in [0.717, 1.165) is 12.8 Å². The Balaban J connectivity index is 1.97. The number of rotatable bonds is 0. The second-order valence-corrected chi connectivity index (χ2v) is 6.37. The van der Waals surface area contributed by atoms with E-state index in [9.17, 15) is 9.90 Å². The second-order valence-electron chi connectivity index (χ2n) is 6.37. The molecule has 0 aromatic heterocycles. The van der Waals surface area contributed by atoms with Gasteiger partial charge in [-0.3, -0.25) is 4.79 Å². The number of ketones is 1. The van der Waals surface area contributed by atoms with Gasteiger partial charge in [0.15, 0.2) is 0 Å². The van der Waals surface area contributed by atoms with E-state index in [2.05, 4.69) is 13.0 Å². The summed E-state index contributed by atoms with van der Waals surface area (Å²) >= 11 is 0. The molecule has 1 aliphatic heterocycles. The van der Waals surface area contributed by atoms with Gasteiger partial charge in [0.25, 0.3) is 0 Å². The predicted molar refractivity (Wildman–Crippen MR) is 68.0 cm³/mol. The molecule has 0 bridgehead atoms. The Hall–Kier alpha value is -0.670. The van der Waals surface area contributed by atoms with Crippen molar-refractivity contribution < 1.29 is 14.6 Å². The largest absolute Gasteiger partial charge is 0.392 e. The molecular weight excluding hydrogens is 228 g/mol. The number of ether oxygens (including phenoxy) is 1. The third kappa shape index (κ3) is 1.68. The van der Waals surface area contributed by atoms with Gasteiger partial charge in [0, 0.05) is 12.3 Å². The molecule has 0 spiro atoms. The van der Waals surface area contributed by atoms with Crippen LogP contribution in [-0.2, 0) is 9.53 Å². The quantitative estimate of drug-likeness (QED) is 0.668. The summed E-state index contributed by atoms with van der Waals surface area (Å²) in [4.78, 5) is 12.3. The van der Waals surface area contributed by atoms with Crippen LogP contribution in [0.2, 0.25) is 0 Å². The van der Waals surface area contributed by atoms with E-state index in [1.807, 2.05) is 13.0 Å². The van der Waals surface area contributed by atoms with Crippen molar-refractivity contribution in [2.45, 2.75) is 44.8 Å². The number of hydrogen-bond donors (Lipinski definition) is 1. The maximum absolute atomic E-state index is 12.3. The minimum Gasteiger partial charge on any atom is -0.392 e. The van der Waals surface area contributed by atoms with Crippen LogP contribution in [0, 0.1) is 23.7 Å². The Morgan fingerprint density at radius 1 is 1.44 bits per heavy atom.